The molecule has 0 saturated carbocycles. The number of anilines is 6. The third kappa shape index (κ3) is 7.50. The fourth-order valence-electron chi connectivity index (χ4n) is 14.2. The Morgan fingerprint density at radius 1 is 0.581 bits per heavy atom. The second-order valence-corrected chi connectivity index (χ2v) is 29.7. The summed E-state index contributed by atoms with van der Waals surface area (Å²) in [6.07, 6.45) is 15.8. The van der Waals surface area contributed by atoms with Crippen molar-refractivity contribution in [2.24, 2.45) is 0 Å². The van der Waals surface area contributed by atoms with Crippen LogP contribution in [0.5, 0.6) is 0 Å². The van der Waals surface area contributed by atoms with Crippen LogP contribution >= 0.6 is 11.3 Å². The highest BCUT2D eigenvalue weighted by molar-refractivity contribution is 7.33. The molecule has 2 nitrogen and oxygen atoms in total. The topological polar surface area (TPSA) is 6.48 Å². The molecule has 0 bridgehead atoms. The molecule has 12 rings (SSSR count). The van der Waals surface area contributed by atoms with Gasteiger partial charge in [-0.05, 0) is 205 Å². The van der Waals surface area contributed by atoms with Crippen LogP contribution in [0.25, 0.3) is 15.7 Å². The van der Waals surface area contributed by atoms with Crippen molar-refractivity contribution in [1.29, 1.82) is 0 Å². The number of hydrogen-bond acceptors (Lipinski definition) is 3. The second-order valence-electron chi connectivity index (χ2n) is 28.6. The van der Waals surface area contributed by atoms with Gasteiger partial charge in [0.2, 0.25) is 0 Å². The molecule has 0 amide bonds. The lowest BCUT2D eigenvalue weighted by Gasteiger charge is -2.46. The fraction of sp³-hybridized carbons (Fsp3) is 0.463. The molecule has 0 N–H and O–H groups in total. The molecule has 6 radical (unpaired) electrons. The number of hydrogen-bond donors (Lipinski definition) is 0. The van der Waals surface area contributed by atoms with E-state index < -0.39 is 5.11 Å². The Morgan fingerprint density at radius 2 is 1.12 bits per heavy atom. The van der Waals surface area contributed by atoms with Gasteiger partial charge in [-0.15, -0.1) is 11.3 Å². The standard InChI is InChI=1S/C67H74B4N2S/c1-60(2,3)41-32-54-57-55(33-41)73(53-37-49-47(63(8,9)27-29-65(49,12)13)35-43(53)39-19-17-16-18-20-39)52-24-21-40(67(68,69)70)31-51(52)71(57)59-58(44-36-48-50(38-56(44)74-59)66(14,15)30-28-64(48,10)11)72(54)42-22-23-45-46(34-42)62(6,7)26-25-61(45,4)5/h16-17,19,22-23,31-38H,18,20,25-30H2,1-15H3. The molecule has 5 aromatic carbocycles. The molecule has 0 saturated heterocycles. The quantitative estimate of drug-likeness (QED) is 0.162. The Labute approximate surface area is 453 Å². The van der Waals surface area contributed by atoms with E-state index in [1.54, 1.807) is 0 Å². The Balaban J connectivity index is 1.25. The summed E-state index contributed by atoms with van der Waals surface area (Å²) in [6, 6.07) is 32.5. The molecule has 4 aliphatic carbocycles. The molecule has 6 aromatic rings. The third-order valence-corrected chi connectivity index (χ3v) is 20.7. The molecule has 0 unspecified atom stereocenters. The van der Waals surface area contributed by atoms with Crippen LogP contribution in [0.3, 0.4) is 0 Å². The highest BCUT2D eigenvalue weighted by Crippen LogP contribution is 2.57. The van der Waals surface area contributed by atoms with Crippen molar-refractivity contribution in [3.05, 3.63) is 141 Å². The zero-order valence-corrected chi connectivity index (χ0v) is 48.1. The summed E-state index contributed by atoms with van der Waals surface area (Å²) in [5, 5.41) is -0.300. The molecule has 0 spiro atoms. The normalized spacial score (nSPS) is 21.1. The first-order chi connectivity index (χ1) is 34.4. The molecule has 1 aromatic heterocycles. The Hall–Kier alpha value is -4.78. The maximum Gasteiger partial charge on any atom is 0.265 e. The Kier molecular flexibility index (Phi) is 10.8. The predicted octanol–water partition coefficient (Wildman–Crippen LogP) is 15.3. The van der Waals surface area contributed by atoms with Gasteiger partial charge in [-0.2, -0.15) is 0 Å². The van der Waals surface area contributed by atoms with E-state index in [1.165, 1.54) is 105 Å². The maximum absolute atomic E-state index is 6.72. The van der Waals surface area contributed by atoms with E-state index in [9.17, 15) is 0 Å². The van der Waals surface area contributed by atoms with Gasteiger partial charge in [-0.25, -0.2) is 0 Å². The van der Waals surface area contributed by atoms with E-state index in [0.717, 1.165) is 56.1 Å². The van der Waals surface area contributed by atoms with Crippen LogP contribution < -0.4 is 25.5 Å². The lowest BCUT2D eigenvalue weighted by molar-refractivity contribution is 0.332. The van der Waals surface area contributed by atoms with Gasteiger partial charge in [-0.3, -0.25) is 0 Å². The minimum atomic E-state index is -1.62. The summed E-state index contributed by atoms with van der Waals surface area (Å²) >= 11 is 1.97. The van der Waals surface area contributed by atoms with Crippen LogP contribution in [-0.2, 0) is 43.0 Å². The van der Waals surface area contributed by atoms with Crippen LogP contribution in [0, 0.1) is 12.1 Å². The van der Waals surface area contributed by atoms with Crippen molar-refractivity contribution in [1.82, 2.24) is 0 Å². The van der Waals surface area contributed by atoms with Gasteiger partial charge in [0, 0.05) is 37.5 Å². The molecule has 6 aliphatic rings. The van der Waals surface area contributed by atoms with E-state index >= 15 is 0 Å². The lowest BCUT2D eigenvalue weighted by Crippen LogP contribution is -2.60. The van der Waals surface area contributed by atoms with Crippen LogP contribution in [-0.4, -0.2) is 30.3 Å². The second kappa shape index (κ2) is 15.9. The molecule has 2 aliphatic heterocycles. The molecule has 3 heterocycles. The summed E-state index contributed by atoms with van der Waals surface area (Å²) in [5.74, 6) is 0. The fourth-order valence-corrected chi connectivity index (χ4v) is 15.5. The van der Waals surface area contributed by atoms with Gasteiger partial charge in [-0.1, -0.05) is 145 Å². The predicted molar refractivity (Wildman–Crippen MR) is 323 cm³/mol. The van der Waals surface area contributed by atoms with Gasteiger partial charge in [0.15, 0.2) is 0 Å². The van der Waals surface area contributed by atoms with Gasteiger partial charge in [0.05, 0.1) is 40.6 Å². The Morgan fingerprint density at radius 3 is 1.69 bits per heavy atom. The molecule has 7 heteroatoms. The summed E-state index contributed by atoms with van der Waals surface area (Å²) in [7, 11) is 20.2. The SMILES string of the molecule is [B]C([B])([B])c1c#cc2c(c1)B1c3sc4cc5c(cc4c3N(c3ccc4c(c3)C(C)(C)CCC4(C)C)c3cc(C(C)(C)C)cc(c31)N2c1cc2c(cc1C1=CC=CCC1)C(C)(C)CCC2(C)C)C(C)(C)CCC5(C)C. The minimum Gasteiger partial charge on any atom is -0.310 e. The molecular weight excluding hydrogens is 908 g/mol. The van der Waals surface area contributed by atoms with Crippen molar-refractivity contribution in [3.63, 3.8) is 0 Å². The van der Waals surface area contributed by atoms with E-state index in [0.29, 0.717) is 5.56 Å². The van der Waals surface area contributed by atoms with Crippen LogP contribution in [0.1, 0.15) is 205 Å². The highest BCUT2D eigenvalue weighted by Gasteiger charge is 2.49. The average molecular weight is 983 g/mol. The van der Waals surface area contributed by atoms with E-state index in [2.05, 4.69) is 205 Å². The van der Waals surface area contributed by atoms with Gasteiger partial charge >= 0.3 is 0 Å². The number of nitrogens with zero attached hydrogens (tertiary/aromatic N) is 2. The first-order valence-corrected chi connectivity index (χ1v) is 28.7. The summed E-state index contributed by atoms with van der Waals surface area (Å²) < 4.78 is 2.65. The lowest BCUT2D eigenvalue weighted by atomic mass is 9.35. The zero-order chi connectivity index (χ0) is 52.8. The van der Waals surface area contributed by atoms with Crippen molar-refractivity contribution >= 4 is 107 Å². The molecule has 370 valence electrons. The average Bonchev–Trinajstić information content (AvgIpc) is 3.70. The number of thiophene rings is 1. The van der Waals surface area contributed by atoms with Crippen LogP contribution in [0.15, 0.2) is 78.9 Å². The minimum absolute atomic E-state index is 0.0198. The smallest absolute Gasteiger partial charge is 0.265 e. The first-order valence-electron chi connectivity index (χ1n) is 27.8. The Bertz CT molecular complexity index is 3450. The number of allylic oxidation sites excluding steroid dienone is 4. The number of rotatable bonds is 4. The van der Waals surface area contributed by atoms with Crippen molar-refractivity contribution in [3.8, 4) is 0 Å². The third-order valence-electron chi connectivity index (χ3n) is 19.5. The summed E-state index contributed by atoms with van der Waals surface area (Å²) in [6.45, 7) is 36.4. The van der Waals surface area contributed by atoms with Crippen LogP contribution in [0.2, 0.25) is 0 Å². The zero-order valence-electron chi connectivity index (χ0n) is 47.3. The van der Waals surface area contributed by atoms with Gasteiger partial charge in [0.1, 0.15) is 0 Å². The molecule has 0 atom stereocenters. The van der Waals surface area contributed by atoms with Gasteiger partial charge in [0.25, 0.3) is 6.71 Å². The van der Waals surface area contributed by atoms with Crippen LogP contribution in [0.4, 0.5) is 34.1 Å². The van der Waals surface area contributed by atoms with Crippen molar-refractivity contribution in [2.45, 2.75) is 198 Å². The van der Waals surface area contributed by atoms with E-state index in [4.69, 9.17) is 23.5 Å². The molecular formula is C67H74B4N2S. The van der Waals surface area contributed by atoms with E-state index in [-0.39, 0.29) is 44.6 Å². The van der Waals surface area contributed by atoms with Crippen molar-refractivity contribution < 1.29 is 0 Å². The summed E-state index contributed by atoms with van der Waals surface area (Å²) in [5.41, 5.74) is 22.7. The van der Waals surface area contributed by atoms with E-state index in [1.807, 2.05) is 11.3 Å². The first kappa shape index (κ1) is 50.1. The summed E-state index contributed by atoms with van der Waals surface area (Å²) in [4.78, 5) is 5.29. The number of benzene rings is 4. The molecule has 0 fully saturated rings. The molecule has 74 heavy (non-hydrogen) atoms. The maximum atomic E-state index is 6.72. The van der Waals surface area contributed by atoms with Gasteiger partial charge < -0.3 is 9.80 Å². The number of fused-ring (bicyclic) bond motifs is 9. The monoisotopic (exact) mass is 983 g/mol. The largest absolute Gasteiger partial charge is 0.310 e. The highest BCUT2D eigenvalue weighted by atomic mass is 32.1. The van der Waals surface area contributed by atoms with Crippen molar-refractivity contribution in [2.75, 3.05) is 9.80 Å².